The first-order chi connectivity index (χ1) is 11.6. The highest BCUT2D eigenvalue weighted by atomic mass is 16.5. The minimum Gasteiger partial charge on any atom is -0.466 e. The van der Waals surface area contributed by atoms with Crippen LogP contribution in [0.1, 0.15) is 50.8 Å². The highest BCUT2D eigenvalue weighted by molar-refractivity contribution is 5.73. The van der Waals surface area contributed by atoms with Crippen molar-refractivity contribution < 1.29 is 14.3 Å². The number of carbonyl (C=O) groups excluding carboxylic acids is 1. The summed E-state index contributed by atoms with van der Waals surface area (Å²) in [6.45, 7) is 4.22. The van der Waals surface area contributed by atoms with Crippen molar-refractivity contribution in [1.82, 2.24) is 10.2 Å². The summed E-state index contributed by atoms with van der Waals surface area (Å²) in [5.74, 6) is 0.296. The van der Waals surface area contributed by atoms with Gasteiger partial charge in [0.15, 0.2) is 0 Å². The van der Waals surface area contributed by atoms with E-state index in [0.717, 1.165) is 17.7 Å². The Balaban J connectivity index is 1.98. The van der Waals surface area contributed by atoms with Crippen molar-refractivity contribution in [2.24, 2.45) is 11.7 Å². The van der Waals surface area contributed by atoms with E-state index in [1.54, 1.807) is 0 Å². The highest BCUT2D eigenvalue weighted by Crippen LogP contribution is 2.53. The lowest BCUT2D eigenvalue weighted by atomic mass is 9.62. The van der Waals surface area contributed by atoms with Crippen LogP contribution < -0.4 is 10.5 Å². The Bertz CT molecular complexity index is 721. The largest absolute Gasteiger partial charge is 0.466 e. The second-order valence-electron chi connectivity index (χ2n) is 6.30. The number of H-pyrrole nitrogens is 1. The molecule has 0 amide bonds. The molecule has 1 aliphatic carbocycles. The van der Waals surface area contributed by atoms with Gasteiger partial charge in [0, 0.05) is 16.7 Å². The predicted molar refractivity (Wildman–Crippen MR) is 85.7 cm³/mol. The maximum Gasteiger partial charge on any atom is 0.308 e. The standard InChI is InChI=1S/C17H22N4O3/c1-3-12-13-15(21-20-12)24-14(19)11(9-18)17(13)7-5-10(6-8-17)16(22)23-4-2/h10H,3-8,19H2,1-2H3,(H,20,21). The zero-order valence-corrected chi connectivity index (χ0v) is 14.0. The zero-order chi connectivity index (χ0) is 17.3. The van der Waals surface area contributed by atoms with Crippen molar-refractivity contribution in [3.05, 3.63) is 22.7 Å². The molecule has 3 N–H and O–H groups in total. The highest BCUT2D eigenvalue weighted by Gasteiger charge is 2.49. The van der Waals surface area contributed by atoms with E-state index in [1.165, 1.54) is 0 Å². The van der Waals surface area contributed by atoms with Crippen LogP contribution in [0.25, 0.3) is 0 Å². The molecule has 7 heteroatoms. The molecule has 0 radical (unpaired) electrons. The molecule has 3 rings (SSSR count). The SMILES string of the molecule is CCOC(=O)C1CCC2(CC1)C(C#N)=C(N)Oc1n[nH]c(CC)c12. The third-order valence-electron chi connectivity index (χ3n) is 5.14. The van der Waals surface area contributed by atoms with Crippen LogP contribution in [-0.4, -0.2) is 22.8 Å². The fraction of sp³-hybridized carbons (Fsp3) is 0.588. The van der Waals surface area contributed by atoms with E-state index in [2.05, 4.69) is 16.3 Å². The number of nitrogens with two attached hydrogens (primary N) is 1. The molecule has 0 atom stereocenters. The molecule has 1 aromatic rings. The van der Waals surface area contributed by atoms with E-state index < -0.39 is 5.41 Å². The molecule has 24 heavy (non-hydrogen) atoms. The van der Waals surface area contributed by atoms with Gasteiger partial charge in [-0.05, 0) is 39.0 Å². The van der Waals surface area contributed by atoms with Crippen molar-refractivity contribution in [2.45, 2.75) is 51.4 Å². The number of esters is 1. The molecule has 1 fully saturated rings. The molecule has 0 saturated heterocycles. The van der Waals surface area contributed by atoms with Gasteiger partial charge < -0.3 is 15.2 Å². The fourth-order valence-electron chi connectivity index (χ4n) is 3.97. The summed E-state index contributed by atoms with van der Waals surface area (Å²) in [5.41, 5.74) is 7.81. The summed E-state index contributed by atoms with van der Waals surface area (Å²) < 4.78 is 10.7. The summed E-state index contributed by atoms with van der Waals surface area (Å²) in [6, 6.07) is 2.24. The van der Waals surface area contributed by atoms with Gasteiger partial charge in [-0.3, -0.25) is 9.89 Å². The molecular formula is C17H22N4O3. The third kappa shape index (κ3) is 2.33. The van der Waals surface area contributed by atoms with E-state index >= 15 is 0 Å². The minimum atomic E-state index is -0.520. The van der Waals surface area contributed by atoms with Gasteiger partial charge in [0.2, 0.25) is 11.8 Å². The normalized spacial score (nSPS) is 25.8. The number of rotatable bonds is 3. The van der Waals surface area contributed by atoms with Gasteiger partial charge in [0.25, 0.3) is 0 Å². The maximum absolute atomic E-state index is 12.0. The number of nitrogens with one attached hydrogen (secondary N) is 1. The molecule has 2 aliphatic rings. The Labute approximate surface area is 140 Å². The van der Waals surface area contributed by atoms with Crippen molar-refractivity contribution in [2.75, 3.05) is 6.61 Å². The Morgan fingerprint density at radius 2 is 2.21 bits per heavy atom. The van der Waals surface area contributed by atoms with Crippen LogP contribution >= 0.6 is 0 Å². The molecule has 1 aromatic heterocycles. The first kappa shape index (κ1) is 16.4. The number of nitrogens with zero attached hydrogens (tertiary/aromatic N) is 2. The number of nitriles is 1. The number of aromatic nitrogens is 2. The van der Waals surface area contributed by atoms with Gasteiger partial charge in [-0.1, -0.05) is 6.92 Å². The number of allylic oxidation sites excluding steroid dienone is 1. The van der Waals surface area contributed by atoms with Crippen LogP contribution in [0, 0.1) is 17.2 Å². The second-order valence-corrected chi connectivity index (χ2v) is 6.30. The second kappa shape index (κ2) is 6.19. The number of ether oxygens (including phenoxy) is 2. The summed E-state index contributed by atoms with van der Waals surface area (Å²) >= 11 is 0. The molecule has 0 unspecified atom stereocenters. The molecule has 1 aliphatic heterocycles. The quantitative estimate of drug-likeness (QED) is 0.820. The molecule has 1 saturated carbocycles. The van der Waals surface area contributed by atoms with Crippen molar-refractivity contribution in [3.8, 4) is 11.9 Å². The summed E-state index contributed by atoms with van der Waals surface area (Å²) in [5, 5.41) is 16.9. The van der Waals surface area contributed by atoms with Crippen LogP contribution in [0.5, 0.6) is 5.88 Å². The van der Waals surface area contributed by atoms with Crippen LogP contribution in [0.15, 0.2) is 11.5 Å². The van der Waals surface area contributed by atoms with Gasteiger partial charge in [0.05, 0.1) is 12.5 Å². The van der Waals surface area contributed by atoms with Crippen LogP contribution in [0.4, 0.5) is 0 Å². The average molecular weight is 330 g/mol. The molecule has 2 heterocycles. The molecule has 128 valence electrons. The van der Waals surface area contributed by atoms with E-state index in [1.807, 2.05) is 13.8 Å². The van der Waals surface area contributed by atoms with E-state index in [9.17, 15) is 10.1 Å². The first-order valence-electron chi connectivity index (χ1n) is 8.39. The van der Waals surface area contributed by atoms with Crippen molar-refractivity contribution in [3.63, 3.8) is 0 Å². The van der Waals surface area contributed by atoms with Crippen LogP contribution in [0.2, 0.25) is 0 Å². The maximum atomic E-state index is 12.0. The summed E-state index contributed by atoms with van der Waals surface area (Å²) in [4.78, 5) is 12.0. The smallest absolute Gasteiger partial charge is 0.308 e. The van der Waals surface area contributed by atoms with Gasteiger partial charge >= 0.3 is 5.97 Å². The van der Waals surface area contributed by atoms with Crippen LogP contribution in [0.3, 0.4) is 0 Å². The number of carbonyl (C=O) groups is 1. The monoisotopic (exact) mass is 330 g/mol. The van der Waals surface area contributed by atoms with E-state index in [0.29, 0.717) is 43.7 Å². The van der Waals surface area contributed by atoms with Gasteiger partial charge in [-0.25, -0.2) is 0 Å². The number of hydrogen-bond donors (Lipinski definition) is 2. The number of fused-ring (bicyclic) bond motifs is 2. The Morgan fingerprint density at radius 3 is 2.79 bits per heavy atom. The Morgan fingerprint density at radius 1 is 1.50 bits per heavy atom. The molecule has 0 bridgehead atoms. The number of hydrogen-bond acceptors (Lipinski definition) is 6. The minimum absolute atomic E-state index is 0.119. The number of aromatic amines is 1. The van der Waals surface area contributed by atoms with E-state index in [-0.39, 0.29) is 17.8 Å². The van der Waals surface area contributed by atoms with Crippen molar-refractivity contribution >= 4 is 5.97 Å². The molecular weight excluding hydrogens is 308 g/mol. The fourth-order valence-corrected chi connectivity index (χ4v) is 3.97. The lowest BCUT2D eigenvalue weighted by Gasteiger charge is -2.41. The summed E-state index contributed by atoms with van der Waals surface area (Å²) in [7, 11) is 0. The first-order valence-corrected chi connectivity index (χ1v) is 8.39. The average Bonchev–Trinajstić information content (AvgIpc) is 2.99. The Kier molecular flexibility index (Phi) is 4.22. The zero-order valence-electron chi connectivity index (χ0n) is 14.0. The molecule has 1 spiro atoms. The summed E-state index contributed by atoms with van der Waals surface area (Å²) in [6.07, 6.45) is 3.38. The van der Waals surface area contributed by atoms with Crippen molar-refractivity contribution in [1.29, 1.82) is 5.26 Å². The van der Waals surface area contributed by atoms with E-state index in [4.69, 9.17) is 15.2 Å². The van der Waals surface area contributed by atoms with Crippen LogP contribution in [-0.2, 0) is 21.4 Å². The molecule has 0 aromatic carbocycles. The number of aryl methyl sites for hydroxylation is 1. The topological polar surface area (TPSA) is 114 Å². The van der Waals surface area contributed by atoms with Gasteiger partial charge in [0.1, 0.15) is 11.6 Å². The Hall–Kier alpha value is -2.49. The molecule has 7 nitrogen and oxygen atoms in total. The van der Waals surface area contributed by atoms with Gasteiger partial charge in [-0.15, -0.1) is 5.10 Å². The predicted octanol–water partition coefficient (Wildman–Crippen LogP) is 2.05. The van der Waals surface area contributed by atoms with Gasteiger partial charge in [-0.2, -0.15) is 5.26 Å². The lowest BCUT2D eigenvalue weighted by Crippen LogP contribution is -2.40. The lowest BCUT2D eigenvalue weighted by molar-refractivity contribution is -0.149. The third-order valence-corrected chi connectivity index (χ3v) is 5.14.